The van der Waals surface area contributed by atoms with Crippen molar-refractivity contribution in [2.45, 2.75) is 0 Å². The Bertz CT molecular complexity index is 1240. The molecule has 0 radical (unpaired) electrons. The van der Waals surface area contributed by atoms with Crippen molar-refractivity contribution in [2.24, 2.45) is 9.98 Å². The third-order valence-electron chi connectivity index (χ3n) is 4.59. The second-order valence-electron chi connectivity index (χ2n) is 7.35. The summed E-state index contributed by atoms with van der Waals surface area (Å²) in [5.41, 5.74) is 4.05. The van der Waals surface area contributed by atoms with E-state index in [4.69, 9.17) is 0 Å². The van der Waals surface area contributed by atoms with Gasteiger partial charge in [0.05, 0.1) is 11.4 Å². The van der Waals surface area contributed by atoms with Crippen LogP contribution in [-0.2, 0) is 0 Å². The predicted octanol–water partition coefficient (Wildman–Crippen LogP) is 8.59. The van der Waals surface area contributed by atoms with Gasteiger partial charge in [-0.1, -0.05) is 78.9 Å². The zero-order valence-corrected chi connectivity index (χ0v) is 20.1. The Hall–Kier alpha value is -4.96. The smallest absolute Gasteiger partial charge is 0.0629 e. The van der Waals surface area contributed by atoms with Crippen LogP contribution in [0.1, 0.15) is 0 Å². The van der Waals surface area contributed by atoms with Crippen LogP contribution in [0, 0.1) is 0 Å². The molecular weight excluding hydrogens is 440 g/mol. The molecule has 0 unspecified atom stereocenters. The molecule has 4 rings (SSSR count). The maximum atomic E-state index is 4.30. The minimum atomic E-state index is 0.955. The second kappa shape index (κ2) is 16.6. The van der Waals surface area contributed by atoms with Crippen LogP contribution in [0.15, 0.2) is 168 Å². The first-order chi connectivity index (χ1) is 17.9. The lowest BCUT2D eigenvalue weighted by molar-refractivity contribution is 1.54. The van der Waals surface area contributed by atoms with Crippen molar-refractivity contribution in [1.82, 2.24) is 0 Å². The van der Waals surface area contributed by atoms with E-state index in [0.29, 0.717) is 0 Å². The molecule has 0 aliphatic heterocycles. The topological polar surface area (TPSA) is 48.8 Å². The number of aliphatic imine (C=N–C) groups is 2. The summed E-state index contributed by atoms with van der Waals surface area (Å²) < 4.78 is 0. The lowest BCUT2D eigenvalue weighted by Crippen LogP contribution is -1.85. The van der Waals surface area contributed by atoms with Gasteiger partial charge >= 0.3 is 0 Å². The normalized spacial score (nSPS) is 11.3. The number of hydrogen-bond donors (Lipinski definition) is 2. The van der Waals surface area contributed by atoms with E-state index in [-0.39, 0.29) is 0 Å². The van der Waals surface area contributed by atoms with Crippen LogP contribution in [0.3, 0.4) is 0 Å². The zero-order chi connectivity index (χ0) is 24.9. The summed E-state index contributed by atoms with van der Waals surface area (Å²) in [7, 11) is 0. The summed E-state index contributed by atoms with van der Waals surface area (Å²) in [6, 6.07) is 39.8. The Labute approximate surface area is 213 Å². The second-order valence-corrected chi connectivity index (χ2v) is 7.35. The fourth-order valence-corrected chi connectivity index (χ4v) is 2.86. The Morgan fingerprint density at radius 2 is 0.778 bits per heavy atom. The molecule has 0 saturated carbocycles. The Morgan fingerprint density at radius 1 is 0.389 bits per heavy atom. The van der Waals surface area contributed by atoms with Crippen molar-refractivity contribution >= 4 is 35.2 Å². The van der Waals surface area contributed by atoms with Gasteiger partial charge in [0.15, 0.2) is 0 Å². The van der Waals surface area contributed by atoms with Crippen molar-refractivity contribution in [1.29, 1.82) is 0 Å². The maximum absolute atomic E-state index is 4.30. The van der Waals surface area contributed by atoms with Crippen LogP contribution in [0.5, 0.6) is 0 Å². The Morgan fingerprint density at radius 3 is 1.25 bits per heavy atom. The van der Waals surface area contributed by atoms with Crippen LogP contribution < -0.4 is 10.6 Å². The van der Waals surface area contributed by atoms with Crippen LogP contribution in [0.4, 0.5) is 22.7 Å². The standard InChI is InChI=1S/C17H16N2.C15H14N2/c1-4-10-16(11-5-1)18-14-8-3-9-15-19-17-12-6-2-7-13-17;1-3-8-14(9-4-1)16-12-7-13-17-15-10-5-2-6-11-15/h1-15,18H;1-13,16H/b9-3+,14-8+,19-15?;12-7+,17-13?. The number of para-hydroxylation sites is 4. The molecule has 0 saturated heterocycles. The molecular formula is C32H30N4. The first-order valence-electron chi connectivity index (χ1n) is 11.7. The van der Waals surface area contributed by atoms with E-state index in [1.165, 1.54) is 0 Å². The van der Waals surface area contributed by atoms with Crippen LogP contribution >= 0.6 is 0 Å². The molecule has 0 atom stereocenters. The highest BCUT2D eigenvalue weighted by Crippen LogP contribution is 2.09. The molecule has 0 bridgehead atoms. The molecule has 0 amide bonds. The molecule has 0 heterocycles. The summed E-state index contributed by atoms with van der Waals surface area (Å²) in [5, 5.41) is 6.34. The molecule has 4 aromatic rings. The number of hydrogen-bond acceptors (Lipinski definition) is 4. The monoisotopic (exact) mass is 470 g/mol. The third-order valence-corrected chi connectivity index (χ3v) is 4.59. The molecule has 4 aromatic carbocycles. The van der Waals surface area contributed by atoms with Crippen LogP contribution in [0.2, 0.25) is 0 Å². The summed E-state index contributed by atoms with van der Waals surface area (Å²) in [6.07, 6.45) is 14.9. The fraction of sp³-hybridized carbons (Fsp3) is 0. The zero-order valence-electron chi connectivity index (χ0n) is 20.1. The Kier molecular flexibility index (Phi) is 11.8. The minimum absolute atomic E-state index is 0.955. The summed E-state index contributed by atoms with van der Waals surface area (Å²) in [6.45, 7) is 0. The van der Waals surface area contributed by atoms with Crippen molar-refractivity contribution in [3.05, 3.63) is 158 Å². The molecule has 0 aliphatic rings. The van der Waals surface area contributed by atoms with E-state index in [1.54, 1.807) is 12.4 Å². The highest BCUT2D eigenvalue weighted by Gasteiger charge is 1.84. The maximum Gasteiger partial charge on any atom is 0.0629 e. The van der Waals surface area contributed by atoms with Crippen molar-refractivity contribution in [3.8, 4) is 0 Å². The van der Waals surface area contributed by atoms with E-state index >= 15 is 0 Å². The van der Waals surface area contributed by atoms with Crippen molar-refractivity contribution in [2.75, 3.05) is 10.6 Å². The van der Waals surface area contributed by atoms with E-state index in [9.17, 15) is 0 Å². The largest absolute Gasteiger partial charge is 0.362 e. The predicted molar refractivity (Wildman–Crippen MR) is 157 cm³/mol. The van der Waals surface area contributed by atoms with Gasteiger partial charge in [0.1, 0.15) is 0 Å². The molecule has 178 valence electrons. The highest BCUT2D eigenvalue weighted by molar-refractivity contribution is 5.75. The first kappa shape index (κ1) is 25.7. The van der Waals surface area contributed by atoms with Gasteiger partial charge in [-0.05, 0) is 66.8 Å². The van der Waals surface area contributed by atoms with Gasteiger partial charge in [-0.2, -0.15) is 0 Å². The average Bonchev–Trinajstić information content (AvgIpc) is 2.95. The molecule has 0 spiro atoms. The van der Waals surface area contributed by atoms with Gasteiger partial charge < -0.3 is 10.6 Å². The lowest BCUT2D eigenvalue weighted by atomic mass is 10.3. The molecule has 0 aliphatic carbocycles. The highest BCUT2D eigenvalue weighted by atomic mass is 14.8. The SMILES string of the molecule is C(/C=C/C=C/Nc1ccccc1)=Nc1ccccc1.C(/C=C/Nc1ccccc1)=Nc1ccccc1. The van der Waals surface area contributed by atoms with E-state index in [0.717, 1.165) is 22.7 Å². The van der Waals surface area contributed by atoms with Gasteiger partial charge in [0.25, 0.3) is 0 Å². The lowest BCUT2D eigenvalue weighted by Gasteiger charge is -1.97. The fourth-order valence-electron chi connectivity index (χ4n) is 2.86. The molecule has 2 N–H and O–H groups in total. The summed E-state index contributed by atoms with van der Waals surface area (Å²) in [5.74, 6) is 0. The van der Waals surface area contributed by atoms with Crippen LogP contribution in [-0.4, -0.2) is 12.4 Å². The van der Waals surface area contributed by atoms with E-state index in [1.807, 2.05) is 158 Å². The third kappa shape index (κ3) is 11.3. The number of rotatable bonds is 9. The van der Waals surface area contributed by atoms with E-state index < -0.39 is 0 Å². The first-order valence-corrected chi connectivity index (χ1v) is 11.7. The molecule has 4 nitrogen and oxygen atoms in total. The van der Waals surface area contributed by atoms with Gasteiger partial charge in [0, 0.05) is 36.2 Å². The van der Waals surface area contributed by atoms with Crippen molar-refractivity contribution in [3.63, 3.8) is 0 Å². The van der Waals surface area contributed by atoms with Crippen LogP contribution in [0.25, 0.3) is 0 Å². The molecule has 36 heavy (non-hydrogen) atoms. The van der Waals surface area contributed by atoms with Gasteiger partial charge in [-0.3, -0.25) is 9.98 Å². The van der Waals surface area contributed by atoms with Crippen molar-refractivity contribution < 1.29 is 0 Å². The number of anilines is 2. The van der Waals surface area contributed by atoms with Gasteiger partial charge in [0.2, 0.25) is 0 Å². The number of nitrogens with zero attached hydrogens (tertiary/aromatic N) is 2. The summed E-state index contributed by atoms with van der Waals surface area (Å²) in [4.78, 5) is 8.58. The molecule has 4 heteroatoms. The molecule has 0 fully saturated rings. The van der Waals surface area contributed by atoms with Gasteiger partial charge in [-0.15, -0.1) is 0 Å². The van der Waals surface area contributed by atoms with E-state index in [2.05, 4.69) is 20.6 Å². The number of nitrogens with one attached hydrogen (secondary N) is 2. The Balaban J connectivity index is 0.000000202. The number of benzene rings is 4. The molecule has 0 aromatic heterocycles. The number of allylic oxidation sites excluding steroid dienone is 4. The average molecular weight is 471 g/mol. The summed E-state index contributed by atoms with van der Waals surface area (Å²) >= 11 is 0. The van der Waals surface area contributed by atoms with Gasteiger partial charge in [-0.25, -0.2) is 0 Å². The minimum Gasteiger partial charge on any atom is -0.362 e. The quantitative estimate of drug-likeness (QED) is 0.190.